The summed E-state index contributed by atoms with van der Waals surface area (Å²) in [4.78, 5) is 31.2. The van der Waals surface area contributed by atoms with Gasteiger partial charge in [0.25, 0.3) is 5.91 Å². The smallest absolute Gasteiger partial charge is 0.271 e. The number of nitrogens with zero attached hydrogens (tertiary/aromatic N) is 2. The van der Waals surface area contributed by atoms with Crippen LogP contribution in [-0.4, -0.2) is 34.8 Å². The van der Waals surface area contributed by atoms with Gasteiger partial charge in [-0.3, -0.25) is 9.59 Å². The van der Waals surface area contributed by atoms with Crippen LogP contribution in [0.15, 0.2) is 60.5 Å². The van der Waals surface area contributed by atoms with Gasteiger partial charge in [0.15, 0.2) is 0 Å². The number of aryl methyl sites for hydroxylation is 1. The minimum Gasteiger partial charge on any atom is -0.486 e. The van der Waals surface area contributed by atoms with Crippen LogP contribution < -0.4 is 10.1 Å². The Balaban J connectivity index is 1.56. The average molecular weight is 476 g/mol. The Morgan fingerprint density at radius 3 is 2.79 bits per heavy atom. The van der Waals surface area contributed by atoms with Crippen molar-refractivity contribution < 1.29 is 14.3 Å². The van der Waals surface area contributed by atoms with Crippen molar-refractivity contribution in [3.05, 3.63) is 93.5 Å². The molecular weight excluding hydrogens is 446 g/mol. The molecule has 176 valence electrons. The molecule has 0 bridgehead atoms. The van der Waals surface area contributed by atoms with Crippen molar-refractivity contribution in [1.82, 2.24) is 15.2 Å². The molecule has 1 N–H and O–H groups in total. The number of carbonyl (C=O) groups is 2. The van der Waals surface area contributed by atoms with Crippen LogP contribution in [0.1, 0.15) is 57.1 Å². The van der Waals surface area contributed by atoms with Gasteiger partial charge in [-0.05, 0) is 42.2 Å². The quantitative estimate of drug-likeness (QED) is 0.474. The molecule has 3 aromatic rings. The maximum atomic E-state index is 12.8. The largest absolute Gasteiger partial charge is 0.486 e. The second kappa shape index (κ2) is 10.7. The fraction of sp³-hybridized carbons (Fsp3) is 0.296. The highest BCUT2D eigenvalue weighted by Crippen LogP contribution is 2.37. The van der Waals surface area contributed by atoms with Gasteiger partial charge in [0, 0.05) is 24.9 Å². The third-order valence-electron chi connectivity index (χ3n) is 5.92. The van der Waals surface area contributed by atoms with Crippen molar-refractivity contribution in [3.8, 4) is 5.75 Å². The lowest BCUT2D eigenvalue weighted by atomic mass is 9.87. The lowest BCUT2D eigenvalue weighted by molar-refractivity contribution is -0.132. The molecule has 0 saturated heterocycles. The Hall–Kier alpha value is -3.45. The molecule has 0 saturated carbocycles. The predicted octanol–water partition coefficient (Wildman–Crippen LogP) is 4.83. The molecule has 1 aliphatic rings. The van der Waals surface area contributed by atoms with E-state index in [9.17, 15) is 9.59 Å². The summed E-state index contributed by atoms with van der Waals surface area (Å²) in [6, 6.07) is 14.3. The van der Waals surface area contributed by atoms with Crippen molar-refractivity contribution >= 4 is 23.2 Å². The summed E-state index contributed by atoms with van der Waals surface area (Å²) in [6.07, 6.45) is 2.92. The summed E-state index contributed by atoms with van der Waals surface area (Å²) in [7, 11) is 0. The van der Waals surface area contributed by atoms with Crippen LogP contribution in [0.25, 0.3) is 0 Å². The standard InChI is InChI=1S/C27H29N3O3S/c1-4-13-28-27(32)23-17-34-24(29-23)16-33-21-11-10-19-12-14-30(25(31)5-2)26(22(19)15-21)20-8-6-18(3)7-9-20/h4,6-11,15,17,26H,1,5,12-14,16H2,2-3H3,(H,28,32)/t26-/m1/s1. The van der Waals surface area contributed by atoms with Crippen LogP contribution in [-0.2, 0) is 17.8 Å². The van der Waals surface area contributed by atoms with Crippen molar-refractivity contribution in [2.45, 2.75) is 39.3 Å². The number of thiazole rings is 1. The number of nitrogens with one attached hydrogen (secondary N) is 1. The van der Waals surface area contributed by atoms with Crippen LogP contribution in [0.3, 0.4) is 0 Å². The van der Waals surface area contributed by atoms with E-state index in [0.717, 1.165) is 28.3 Å². The van der Waals surface area contributed by atoms with Crippen LogP contribution in [0, 0.1) is 6.92 Å². The van der Waals surface area contributed by atoms with Gasteiger partial charge in [0.1, 0.15) is 23.1 Å². The maximum Gasteiger partial charge on any atom is 0.271 e. The van der Waals surface area contributed by atoms with Crippen molar-refractivity contribution in [2.75, 3.05) is 13.1 Å². The molecule has 1 atom stereocenters. The Kier molecular flexibility index (Phi) is 7.43. The zero-order chi connectivity index (χ0) is 24.1. The Bertz CT molecular complexity index is 1190. The molecule has 34 heavy (non-hydrogen) atoms. The van der Waals surface area contributed by atoms with E-state index >= 15 is 0 Å². The highest BCUT2D eigenvalue weighted by Gasteiger charge is 2.31. The van der Waals surface area contributed by atoms with Crippen LogP contribution in [0.4, 0.5) is 0 Å². The molecule has 6 nitrogen and oxygen atoms in total. The molecule has 2 amide bonds. The molecular formula is C27H29N3O3S. The van der Waals surface area contributed by atoms with Crippen molar-refractivity contribution in [3.63, 3.8) is 0 Å². The van der Waals surface area contributed by atoms with E-state index in [2.05, 4.69) is 54.1 Å². The number of hydrogen-bond donors (Lipinski definition) is 1. The van der Waals surface area contributed by atoms with Gasteiger partial charge in [-0.15, -0.1) is 17.9 Å². The Morgan fingerprint density at radius 1 is 1.26 bits per heavy atom. The summed E-state index contributed by atoms with van der Waals surface area (Å²) in [6.45, 7) is 8.94. The number of rotatable bonds is 8. The summed E-state index contributed by atoms with van der Waals surface area (Å²) in [5.74, 6) is 0.639. The normalized spacial score (nSPS) is 14.9. The second-order valence-electron chi connectivity index (χ2n) is 8.28. The predicted molar refractivity (Wildman–Crippen MR) is 134 cm³/mol. The number of fused-ring (bicyclic) bond motifs is 1. The van der Waals surface area contributed by atoms with Gasteiger partial charge in [0.2, 0.25) is 5.91 Å². The molecule has 2 heterocycles. The second-order valence-corrected chi connectivity index (χ2v) is 9.22. The minimum atomic E-state index is -0.224. The van der Waals surface area contributed by atoms with E-state index in [1.54, 1.807) is 11.5 Å². The summed E-state index contributed by atoms with van der Waals surface area (Å²) in [5.41, 5.74) is 4.99. The summed E-state index contributed by atoms with van der Waals surface area (Å²) in [5, 5.41) is 5.18. The lowest BCUT2D eigenvalue weighted by Crippen LogP contribution is -2.40. The van der Waals surface area contributed by atoms with Gasteiger partial charge in [-0.2, -0.15) is 0 Å². The Morgan fingerprint density at radius 2 is 2.06 bits per heavy atom. The zero-order valence-corrected chi connectivity index (χ0v) is 20.4. The van der Waals surface area contributed by atoms with E-state index in [1.165, 1.54) is 22.5 Å². The first-order chi connectivity index (χ1) is 16.5. The molecule has 2 aromatic carbocycles. The molecule has 1 aliphatic heterocycles. The fourth-order valence-electron chi connectivity index (χ4n) is 4.14. The molecule has 0 radical (unpaired) electrons. The molecule has 0 unspecified atom stereocenters. The third-order valence-corrected chi connectivity index (χ3v) is 6.74. The van der Waals surface area contributed by atoms with Crippen molar-refractivity contribution in [1.29, 1.82) is 0 Å². The molecule has 1 aromatic heterocycles. The SMILES string of the molecule is C=CCNC(=O)c1csc(COc2ccc3c(c2)[C@@H](c2ccc(C)cc2)N(C(=O)CC)CC3)n1. The van der Waals surface area contributed by atoms with Crippen molar-refractivity contribution in [2.24, 2.45) is 0 Å². The first-order valence-electron chi connectivity index (χ1n) is 11.4. The lowest BCUT2D eigenvalue weighted by Gasteiger charge is -2.38. The van der Waals surface area contributed by atoms with E-state index in [1.807, 2.05) is 24.0 Å². The van der Waals surface area contributed by atoms with Crippen LogP contribution >= 0.6 is 11.3 Å². The van der Waals surface area contributed by atoms with Gasteiger partial charge >= 0.3 is 0 Å². The Labute approximate surface area is 204 Å². The number of carbonyl (C=O) groups excluding carboxylic acids is 2. The topological polar surface area (TPSA) is 71.5 Å². The van der Waals surface area contributed by atoms with Gasteiger partial charge < -0.3 is 15.0 Å². The molecule has 0 spiro atoms. The molecule has 0 fully saturated rings. The third kappa shape index (κ3) is 5.20. The monoisotopic (exact) mass is 475 g/mol. The summed E-state index contributed by atoms with van der Waals surface area (Å²) < 4.78 is 6.05. The first kappa shape index (κ1) is 23.7. The van der Waals surface area contributed by atoms with Gasteiger partial charge in [0.05, 0.1) is 6.04 Å². The van der Waals surface area contributed by atoms with Crippen LogP contribution in [0.5, 0.6) is 5.75 Å². The molecule has 0 aliphatic carbocycles. The average Bonchev–Trinajstić information content (AvgIpc) is 3.34. The fourth-order valence-corrected chi connectivity index (χ4v) is 4.83. The van der Waals surface area contributed by atoms with Gasteiger partial charge in [-0.1, -0.05) is 48.9 Å². The molecule has 7 heteroatoms. The maximum absolute atomic E-state index is 12.8. The number of aromatic nitrogens is 1. The minimum absolute atomic E-state index is 0.139. The van der Waals surface area contributed by atoms with E-state index < -0.39 is 0 Å². The van der Waals surface area contributed by atoms with E-state index in [-0.39, 0.29) is 24.5 Å². The summed E-state index contributed by atoms with van der Waals surface area (Å²) >= 11 is 1.39. The number of ether oxygens (including phenoxy) is 1. The van der Waals surface area contributed by atoms with Crippen LogP contribution in [0.2, 0.25) is 0 Å². The first-order valence-corrected chi connectivity index (χ1v) is 12.3. The highest BCUT2D eigenvalue weighted by atomic mass is 32.1. The van der Waals surface area contributed by atoms with Gasteiger partial charge in [-0.25, -0.2) is 4.98 Å². The highest BCUT2D eigenvalue weighted by molar-refractivity contribution is 7.09. The van der Waals surface area contributed by atoms with E-state index in [0.29, 0.717) is 25.2 Å². The van der Waals surface area contributed by atoms with E-state index in [4.69, 9.17) is 4.74 Å². The zero-order valence-electron chi connectivity index (χ0n) is 19.5. The number of hydrogen-bond acceptors (Lipinski definition) is 5. The number of amides is 2. The number of benzene rings is 2. The molecule has 4 rings (SSSR count).